The second kappa shape index (κ2) is 5.83. The Kier molecular flexibility index (Phi) is 4.29. The van der Waals surface area contributed by atoms with E-state index in [1.807, 2.05) is 25.1 Å². The Labute approximate surface area is 129 Å². The van der Waals surface area contributed by atoms with Gasteiger partial charge in [0.05, 0.1) is 10.7 Å². The number of nitrogen functional groups attached to an aromatic ring is 1. The van der Waals surface area contributed by atoms with Crippen LogP contribution < -0.4 is 15.4 Å². The maximum absolute atomic E-state index is 12.4. The fourth-order valence-electron chi connectivity index (χ4n) is 1.78. The molecule has 0 aromatic heterocycles. The van der Waals surface area contributed by atoms with Crippen molar-refractivity contribution in [2.75, 3.05) is 29.5 Å². The van der Waals surface area contributed by atoms with E-state index in [0.717, 1.165) is 5.69 Å². The Morgan fingerprint density at radius 3 is 2.52 bits per heavy atom. The Morgan fingerprint density at radius 2 is 1.86 bits per heavy atom. The van der Waals surface area contributed by atoms with E-state index >= 15 is 0 Å². The summed E-state index contributed by atoms with van der Waals surface area (Å²) in [5.41, 5.74) is 7.30. The van der Waals surface area contributed by atoms with E-state index in [1.165, 1.54) is 12.1 Å². The summed E-state index contributed by atoms with van der Waals surface area (Å²) >= 11 is 5.95. The van der Waals surface area contributed by atoms with Crippen LogP contribution in [-0.2, 0) is 10.0 Å². The van der Waals surface area contributed by atoms with E-state index in [9.17, 15) is 8.42 Å². The summed E-state index contributed by atoms with van der Waals surface area (Å²) in [6.45, 7) is 0. The Hall–Kier alpha value is -1.92. The minimum Gasteiger partial charge on any atom is -0.399 e. The van der Waals surface area contributed by atoms with Gasteiger partial charge in [-0.05, 0) is 36.4 Å². The lowest BCUT2D eigenvalue weighted by atomic mass is 10.3. The minimum absolute atomic E-state index is 0.0422. The standard InChI is InChI=1S/C14H16ClN3O2S/c1-18(2)12-5-3-4-11(9-12)17-21(19,20)14-8-10(16)6-7-13(14)15/h3-9,17H,16H2,1-2H3. The molecule has 3 N–H and O–H groups in total. The summed E-state index contributed by atoms with van der Waals surface area (Å²) in [6.07, 6.45) is 0. The van der Waals surface area contributed by atoms with Crippen LogP contribution in [0.3, 0.4) is 0 Å². The molecule has 2 rings (SSSR count). The topological polar surface area (TPSA) is 75.4 Å². The summed E-state index contributed by atoms with van der Waals surface area (Å²) in [5, 5.41) is 0.125. The molecule has 2 aromatic carbocycles. The molecule has 0 heterocycles. The van der Waals surface area contributed by atoms with Crippen molar-refractivity contribution < 1.29 is 8.42 Å². The summed E-state index contributed by atoms with van der Waals surface area (Å²) in [6, 6.07) is 11.4. The van der Waals surface area contributed by atoms with Gasteiger partial charge in [-0.15, -0.1) is 0 Å². The molecule has 0 saturated carbocycles. The lowest BCUT2D eigenvalue weighted by Crippen LogP contribution is -2.15. The average Bonchev–Trinajstić information content (AvgIpc) is 2.41. The molecule has 0 saturated heterocycles. The van der Waals surface area contributed by atoms with Gasteiger partial charge in [0.2, 0.25) is 0 Å². The SMILES string of the molecule is CN(C)c1cccc(NS(=O)(=O)c2cc(N)ccc2Cl)c1. The van der Waals surface area contributed by atoms with Crippen LogP contribution >= 0.6 is 11.6 Å². The number of anilines is 3. The molecule has 21 heavy (non-hydrogen) atoms. The zero-order valence-corrected chi connectivity index (χ0v) is 13.2. The summed E-state index contributed by atoms with van der Waals surface area (Å²) in [7, 11) is -0.0347. The molecule has 0 radical (unpaired) electrons. The van der Waals surface area contributed by atoms with Gasteiger partial charge in [0, 0.05) is 25.5 Å². The maximum Gasteiger partial charge on any atom is 0.263 e. The number of rotatable bonds is 4. The minimum atomic E-state index is -3.79. The number of nitrogens with one attached hydrogen (secondary N) is 1. The number of nitrogens with zero attached hydrogens (tertiary/aromatic N) is 1. The van der Waals surface area contributed by atoms with Gasteiger partial charge in [-0.2, -0.15) is 0 Å². The summed E-state index contributed by atoms with van der Waals surface area (Å²) in [5.74, 6) is 0. The van der Waals surface area contributed by atoms with E-state index in [4.69, 9.17) is 17.3 Å². The fraction of sp³-hybridized carbons (Fsp3) is 0.143. The first-order valence-corrected chi connectivity index (χ1v) is 8.01. The normalized spacial score (nSPS) is 11.2. The van der Waals surface area contributed by atoms with E-state index in [0.29, 0.717) is 11.4 Å². The van der Waals surface area contributed by atoms with Crippen LogP contribution in [-0.4, -0.2) is 22.5 Å². The largest absolute Gasteiger partial charge is 0.399 e. The molecule has 112 valence electrons. The van der Waals surface area contributed by atoms with E-state index < -0.39 is 10.0 Å². The van der Waals surface area contributed by atoms with Crippen molar-refractivity contribution in [3.8, 4) is 0 Å². The van der Waals surface area contributed by atoms with Gasteiger partial charge in [0.25, 0.3) is 10.0 Å². The van der Waals surface area contributed by atoms with E-state index in [2.05, 4.69) is 4.72 Å². The highest BCUT2D eigenvalue weighted by Crippen LogP contribution is 2.26. The van der Waals surface area contributed by atoms with Gasteiger partial charge in [0.15, 0.2) is 0 Å². The second-order valence-corrected chi connectivity index (χ2v) is 6.80. The quantitative estimate of drug-likeness (QED) is 0.848. The van der Waals surface area contributed by atoms with Gasteiger partial charge < -0.3 is 10.6 Å². The van der Waals surface area contributed by atoms with Gasteiger partial charge >= 0.3 is 0 Å². The Morgan fingerprint density at radius 1 is 1.14 bits per heavy atom. The Balaban J connectivity index is 2.37. The number of halogens is 1. The van der Waals surface area contributed by atoms with Gasteiger partial charge in [0.1, 0.15) is 4.90 Å². The highest BCUT2D eigenvalue weighted by atomic mass is 35.5. The molecular weight excluding hydrogens is 310 g/mol. The predicted molar refractivity (Wildman–Crippen MR) is 87.4 cm³/mol. The van der Waals surface area contributed by atoms with Crippen LogP contribution in [0, 0.1) is 0 Å². The van der Waals surface area contributed by atoms with Crippen molar-refractivity contribution in [3.63, 3.8) is 0 Å². The van der Waals surface area contributed by atoms with Crippen molar-refractivity contribution in [3.05, 3.63) is 47.5 Å². The van der Waals surface area contributed by atoms with Crippen LogP contribution in [0.15, 0.2) is 47.4 Å². The first-order valence-electron chi connectivity index (χ1n) is 6.15. The molecule has 7 heteroatoms. The number of hydrogen-bond donors (Lipinski definition) is 2. The Bertz CT molecular complexity index is 761. The zero-order chi connectivity index (χ0) is 15.6. The molecule has 0 aliphatic heterocycles. The molecule has 0 unspecified atom stereocenters. The summed E-state index contributed by atoms with van der Waals surface area (Å²) in [4.78, 5) is 1.84. The third-order valence-corrected chi connectivity index (χ3v) is 4.72. The monoisotopic (exact) mass is 325 g/mol. The first kappa shape index (κ1) is 15.5. The van der Waals surface area contributed by atoms with Gasteiger partial charge in [-0.25, -0.2) is 8.42 Å². The van der Waals surface area contributed by atoms with Gasteiger partial charge in [-0.3, -0.25) is 4.72 Å². The molecule has 5 nitrogen and oxygen atoms in total. The molecule has 2 aromatic rings. The highest BCUT2D eigenvalue weighted by molar-refractivity contribution is 7.92. The third-order valence-electron chi connectivity index (χ3n) is 2.86. The van der Waals surface area contributed by atoms with Crippen LogP contribution in [0.25, 0.3) is 0 Å². The lowest BCUT2D eigenvalue weighted by Gasteiger charge is -2.15. The van der Waals surface area contributed by atoms with Crippen molar-refractivity contribution in [1.82, 2.24) is 0 Å². The summed E-state index contributed by atoms with van der Waals surface area (Å²) < 4.78 is 27.3. The van der Waals surface area contributed by atoms with Crippen molar-refractivity contribution >= 4 is 38.7 Å². The van der Waals surface area contributed by atoms with Crippen molar-refractivity contribution in [1.29, 1.82) is 0 Å². The fourth-order valence-corrected chi connectivity index (χ4v) is 3.37. The van der Waals surface area contributed by atoms with Crippen molar-refractivity contribution in [2.45, 2.75) is 4.90 Å². The van der Waals surface area contributed by atoms with E-state index in [1.54, 1.807) is 24.3 Å². The van der Waals surface area contributed by atoms with Crippen LogP contribution in [0.4, 0.5) is 17.1 Å². The number of benzene rings is 2. The van der Waals surface area contributed by atoms with Crippen LogP contribution in [0.5, 0.6) is 0 Å². The van der Waals surface area contributed by atoms with Crippen LogP contribution in [0.1, 0.15) is 0 Å². The number of nitrogens with two attached hydrogens (primary N) is 1. The molecule has 0 bridgehead atoms. The van der Waals surface area contributed by atoms with E-state index in [-0.39, 0.29) is 9.92 Å². The third kappa shape index (κ3) is 3.59. The molecule has 0 spiro atoms. The number of hydrogen-bond acceptors (Lipinski definition) is 4. The second-order valence-electron chi connectivity index (χ2n) is 4.74. The maximum atomic E-state index is 12.4. The molecule has 0 amide bonds. The number of sulfonamides is 1. The smallest absolute Gasteiger partial charge is 0.263 e. The van der Waals surface area contributed by atoms with Crippen molar-refractivity contribution in [2.24, 2.45) is 0 Å². The zero-order valence-electron chi connectivity index (χ0n) is 11.7. The lowest BCUT2D eigenvalue weighted by molar-refractivity contribution is 0.601. The van der Waals surface area contributed by atoms with Crippen LogP contribution in [0.2, 0.25) is 5.02 Å². The molecule has 0 atom stereocenters. The first-order chi connectivity index (χ1) is 9.79. The average molecular weight is 326 g/mol. The highest BCUT2D eigenvalue weighted by Gasteiger charge is 2.18. The predicted octanol–water partition coefficient (Wildman–Crippen LogP) is 2.79. The molecule has 0 aliphatic rings. The molecular formula is C14H16ClN3O2S. The van der Waals surface area contributed by atoms with Gasteiger partial charge in [-0.1, -0.05) is 17.7 Å². The molecule has 0 fully saturated rings. The molecule has 0 aliphatic carbocycles.